The SMILES string of the molecule is C#CCCCOCc1ccc(F)cc1. The van der Waals surface area contributed by atoms with Gasteiger partial charge in [0.25, 0.3) is 0 Å². The number of benzene rings is 1. The maximum absolute atomic E-state index is 12.5. The van der Waals surface area contributed by atoms with E-state index in [-0.39, 0.29) is 5.82 Å². The smallest absolute Gasteiger partial charge is 0.123 e. The molecule has 0 fully saturated rings. The largest absolute Gasteiger partial charge is 0.377 e. The first-order valence-corrected chi connectivity index (χ1v) is 4.58. The number of ether oxygens (including phenoxy) is 1. The van der Waals surface area contributed by atoms with E-state index in [0.717, 1.165) is 18.4 Å². The second kappa shape index (κ2) is 6.17. The van der Waals surface area contributed by atoms with Crippen LogP contribution in [-0.2, 0) is 11.3 Å². The Morgan fingerprint density at radius 3 is 2.64 bits per heavy atom. The van der Waals surface area contributed by atoms with Crippen LogP contribution < -0.4 is 0 Å². The fraction of sp³-hybridized carbons (Fsp3) is 0.333. The summed E-state index contributed by atoms with van der Waals surface area (Å²) >= 11 is 0. The molecule has 1 aromatic carbocycles. The van der Waals surface area contributed by atoms with Crippen LogP contribution in [0.25, 0.3) is 0 Å². The Balaban J connectivity index is 2.19. The van der Waals surface area contributed by atoms with Gasteiger partial charge in [-0.25, -0.2) is 4.39 Å². The molecule has 0 amide bonds. The van der Waals surface area contributed by atoms with Crippen molar-refractivity contribution < 1.29 is 9.13 Å². The summed E-state index contributed by atoms with van der Waals surface area (Å²) in [6.07, 6.45) is 6.70. The first-order chi connectivity index (χ1) is 6.83. The molecule has 1 rings (SSSR count). The fourth-order valence-corrected chi connectivity index (χ4v) is 1.05. The molecule has 1 nitrogen and oxygen atoms in total. The van der Waals surface area contributed by atoms with Gasteiger partial charge in [-0.3, -0.25) is 0 Å². The van der Waals surface area contributed by atoms with Gasteiger partial charge in [-0.15, -0.1) is 12.3 Å². The molecule has 0 radical (unpaired) electrons. The first kappa shape index (κ1) is 10.7. The van der Waals surface area contributed by atoms with Crippen LogP contribution in [0.2, 0.25) is 0 Å². The zero-order valence-electron chi connectivity index (χ0n) is 8.00. The Hall–Kier alpha value is -1.33. The van der Waals surface area contributed by atoms with Crippen LogP contribution in [0.1, 0.15) is 18.4 Å². The van der Waals surface area contributed by atoms with E-state index in [2.05, 4.69) is 5.92 Å². The molecule has 0 saturated carbocycles. The second-order valence-electron chi connectivity index (χ2n) is 2.99. The zero-order chi connectivity index (χ0) is 10.2. The van der Waals surface area contributed by atoms with E-state index >= 15 is 0 Å². The van der Waals surface area contributed by atoms with E-state index in [0.29, 0.717) is 13.2 Å². The highest BCUT2D eigenvalue weighted by molar-refractivity contribution is 5.14. The molecule has 0 unspecified atom stereocenters. The Labute approximate surface area is 83.9 Å². The van der Waals surface area contributed by atoms with Crippen molar-refractivity contribution in [3.8, 4) is 12.3 Å². The molecule has 0 aromatic heterocycles. The number of hydrogen-bond acceptors (Lipinski definition) is 1. The Morgan fingerprint density at radius 2 is 2.00 bits per heavy atom. The summed E-state index contributed by atoms with van der Waals surface area (Å²) in [4.78, 5) is 0. The van der Waals surface area contributed by atoms with Gasteiger partial charge < -0.3 is 4.74 Å². The summed E-state index contributed by atoms with van der Waals surface area (Å²) in [5.41, 5.74) is 0.979. The van der Waals surface area contributed by atoms with Crippen molar-refractivity contribution in [2.75, 3.05) is 6.61 Å². The third-order valence-electron chi connectivity index (χ3n) is 1.79. The van der Waals surface area contributed by atoms with E-state index in [1.165, 1.54) is 12.1 Å². The average molecular weight is 192 g/mol. The van der Waals surface area contributed by atoms with Gasteiger partial charge in [0, 0.05) is 13.0 Å². The molecule has 0 saturated heterocycles. The molecular weight excluding hydrogens is 179 g/mol. The zero-order valence-corrected chi connectivity index (χ0v) is 8.00. The molecule has 0 bridgehead atoms. The van der Waals surface area contributed by atoms with Crippen molar-refractivity contribution in [1.82, 2.24) is 0 Å². The summed E-state index contributed by atoms with van der Waals surface area (Å²) in [5, 5.41) is 0. The highest BCUT2D eigenvalue weighted by Crippen LogP contribution is 2.04. The molecule has 0 aliphatic heterocycles. The number of terminal acetylenes is 1. The lowest BCUT2D eigenvalue weighted by Gasteiger charge is -2.02. The third kappa shape index (κ3) is 4.06. The average Bonchev–Trinajstić information content (AvgIpc) is 2.21. The third-order valence-corrected chi connectivity index (χ3v) is 1.79. The summed E-state index contributed by atoms with van der Waals surface area (Å²) in [6.45, 7) is 1.17. The van der Waals surface area contributed by atoms with Crippen molar-refractivity contribution in [3.05, 3.63) is 35.6 Å². The fourth-order valence-electron chi connectivity index (χ4n) is 1.05. The van der Waals surface area contributed by atoms with Gasteiger partial charge in [-0.1, -0.05) is 12.1 Å². The molecule has 0 spiro atoms. The molecule has 0 N–H and O–H groups in total. The van der Waals surface area contributed by atoms with Crippen LogP contribution in [0.3, 0.4) is 0 Å². The van der Waals surface area contributed by atoms with Crippen LogP contribution in [0, 0.1) is 18.2 Å². The molecule has 0 aliphatic rings. The summed E-state index contributed by atoms with van der Waals surface area (Å²) in [7, 11) is 0. The summed E-state index contributed by atoms with van der Waals surface area (Å²) < 4.78 is 17.9. The molecule has 14 heavy (non-hydrogen) atoms. The molecular formula is C12H13FO. The van der Waals surface area contributed by atoms with Gasteiger partial charge in [-0.2, -0.15) is 0 Å². The predicted molar refractivity (Wildman–Crippen MR) is 54.1 cm³/mol. The lowest BCUT2D eigenvalue weighted by atomic mass is 10.2. The number of hydrogen-bond donors (Lipinski definition) is 0. The molecule has 2 heteroatoms. The highest BCUT2D eigenvalue weighted by Gasteiger charge is 1.93. The van der Waals surface area contributed by atoms with Crippen LogP contribution in [0.4, 0.5) is 4.39 Å². The minimum atomic E-state index is -0.221. The summed E-state index contributed by atoms with van der Waals surface area (Å²) in [5.74, 6) is 2.32. The quantitative estimate of drug-likeness (QED) is 0.515. The van der Waals surface area contributed by atoms with Gasteiger partial charge in [0.15, 0.2) is 0 Å². The monoisotopic (exact) mass is 192 g/mol. The van der Waals surface area contributed by atoms with Crippen molar-refractivity contribution in [1.29, 1.82) is 0 Å². The highest BCUT2D eigenvalue weighted by atomic mass is 19.1. The normalized spacial score (nSPS) is 9.71. The van der Waals surface area contributed by atoms with Gasteiger partial charge in [0.1, 0.15) is 5.82 Å². The molecule has 1 aromatic rings. The van der Waals surface area contributed by atoms with Gasteiger partial charge in [0.05, 0.1) is 6.61 Å². The topological polar surface area (TPSA) is 9.23 Å². The standard InChI is InChI=1S/C12H13FO/c1-2-3-4-9-14-10-11-5-7-12(13)8-6-11/h1,5-8H,3-4,9-10H2. The van der Waals surface area contributed by atoms with E-state index in [1.807, 2.05) is 0 Å². The van der Waals surface area contributed by atoms with E-state index < -0.39 is 0 Å². The van der Waals surface area contributed by atoms with Crippen molar-refractivity contribution >= 4 is 0 Å². The number of halogens is 1. The van der Waals surface area contributed by atoms with Crippen molar-refractivity contribution in [3.63, 3.8) is 0 Å². The Kier molecular flexibility index (Phi) is 4.74. The molecule has 74 valence electrons. The van der Waals surface area contributed by atoms with E-state index in [1.54, 1.807) is 12.1 Å². The van der Waals surface area contributed by atoms with Crippen LogP contribution >= 0.6 is 0 Å². The molecule has 0 heterocycles. The van der Waals surface area contributed by atoms with Crippen LogP contribution in [0.5, 0.6) is 0 Å². The lowest BCUT2D eigenvalue weighted by molar-refractivity contribution is 0.119. The van der Waals surface area contributed by atoms with Crippen LogP contribution in [0.15, 0.2) is 24.3 Å². The first-order valence-electron chi connectivity index (χ1n) is 4.58. The predicted octanol–water partition coefficient (Wildman–Crippen LogP) is 2.76. The minimum absolute atomic E-state index is 0.221. The Bertz CT molecular complexity index is 297. The van der Waals surface area contributed by atoms with E-state index in [4.69, 9.17) is 11.2 Å². The Morgan fingerprint density at radius 1 is 1.29 bits per heavy atom. The lowest BCUT2D eigenvalue weighted by Crippen LogP contribution is -1.95. The van der Waals surface area contributed by atoms with Gasteiger partial charge in [-0.05, 0) is 24.1 Å². The van der Waals surface area contributed by atoms with Gasteiger partial charge >= 0.3 is 0 Å². The van der Waals surface area contributed by atoms with Crippen molar-refractivity contribution in [2.45, 2.75) is 19.4 Å². The minimum Gasteiger partial charge on any atom is -0.377 e. The van der Waals surface area contributed by atoms with Crippen LogP contribution in [-0.4, -0.2) is 6.61 Å². The molecule has 0 atom stereocenters. The maximum atomic E-state index is 12.5. The molecule has 0 aliphatic carbocycles. The number of rotatable bonds is 5. The van der Waals surface area contributed by atoms with Crippen molar-refractivity contribution in [2.24, 2.45) is 0 Å². The van der Waals surface area contributed by atoms with E-state index in [9.17, 15) is 4.39 Å². The maximum Gasteiger partial charge on any atom is 0.123 e. The summed E-state index contributed by atoms with van der Waals surface area (Å²) in [6, 6.07) is 6.30. The number of unbranched alkanes of at least 4 members (excludes halogenated alkanes) is 1. The van der Waals surface area contributed by atoms with Gasteiger partial charge in [0.2, 0.25) is 0 Å². The second-order valence-corrected chi connectivity index (χ2v) is 2.99.